The van der Waals surface area contributed by atoms with Crippen molar-refractivity contribution in [3.05, 3.63) is 5.69 Å². The van der Waals surface area contributed by atoms with Crippen LogP contribution in [0.1, 0.15) is 5.69 Å². The summed E-state index contributed by atoms with van der Waals surface area (Å²) < 4.78 is 0. The van der Waals surface area contributed by atoms with Gasteiger partial charge in [0.05, 0.1) is 5.69 Å². The Morgan fingerprint density at radius 3 is 2.47 bits per heavy atom. The van der Waals surface area contributed by atoms with Gasteiger partial charge in [0.2, 0.25) is 5.95 Å². The number of piperazine rings is 1. The van der Waals surface area contributed by atoms with Gasteiger partial charge in [-0.15, -0.1) is 0 Å². The summed E-state index contributed by atoms with van der Waals surface area (Å²) in [5.74, 6) is 0.714. The topological polar surface area (TPSA) is 93.1 Å². The molecule has 0 unspecified atom stereocenters. The Balaban J connectivity index is 2.33. The summed E-state index contributed by atoms with van der Waals surface area (Å²) in [5.41, 5.74) is 13.2. The summed E-state index contributed by atoms with van der Waals surface area (Å²) in [6.45, 7) is 5.69. The largest absolute Gasteiger partial charge is 0.382 e. The summed E-state index contributed by atoms with van der Waals surface area (Å²) in [5, 5.41) is 3.29. The molecule has 0 spiro atoms. The molecule has 1 aliphatic rings. The average molecular weight is 208 g/mol. The van der Waals surface area contributed by atoms with E-state index in [0.29, 0.717) is 5.82 Å². The SMILES string of the molecule is Cc1nc(N)nc(N)c1N1CCNCC1. The van der Waals surface area contributed by atoms with Crippen molar-refractivity contribution < 1.29 is 0 Å². The molecule has 0 atom stereocenters. The maximum atomic E-state index is 5.86. The highest BCUT2D eigenvalue weighted by Crippen LogP contribution is 2.25. The first-order valence-corrected chi connectivity index (χ1v) is 5.03. The first-order valence-electron chi connectivity index (χ1n) is 5.03. The van der Waals surface area contributed by atoms with Crippen LogP contribution in [-0.2, 0) is 0 Å². The van der Waals surface area contributed by atoms with Crippen LogP contribution in [0.15, 0.2) is 0 Å². The van der Waals surface area contributed by atoms with E-state index < -0.39 is 0 Å². The molecule has 82 valence electrons. The molecule has 1 aliphatic heterocycles. The molecular weight excluding hydrogens is 192 g/mol. The van der Waals surface area contributed by atoms with Gasteiger partial charge in [0.15, 0.2) is 5.82 Å². The lowest BCUT2D eigenvalue weighted by molar-refractivity contribution is 0.587. The zero-order valence-electron chi connectivity index (χ0n) is 8.82. The number of aromatic nitrogens is 2. The highest BCUT2D eigenvalue weighted by molar-refractivity contribution is 5.67. The van der Waals surface area contributed by atoms with Crippen molar-refractivity contribution in [2.45, 2.75) is 6.92 Å². The first kappa shape index (κ1) is 9.97. The molecular formula is C9H16N6. The molecule has 0 radical (unpaired) electrons. The van der Waals surface area contributed by atoms with Gasteiger partial charge in [-0.3, -0.25) is 0 Å². The number of anilines is 3. The molecule has 6 heteroatoms. The summed E-state index contributed by atoms with van der Waals surface area (Å²) in [6.07, 6.45) is 0. The van der Waals surface area contributed by atoms with Crippen LogP contribution in [0.4, 0.5) is 17.5 Å². The van der Waals surface area contributed by atoms with Crippen LogP contribution in [0.2, 0.25) is 0 Å². The number of hydrogen-bond donors (Lipinski definition) is 3. The van der Waals surface area contributed by atoms with Crippen LogP contribution in [0.5, 0.6) is 0 Å². The Morgan fingerprint density at radius 1 is 1.20 bits per heavy atom. The van der Waals surface area contributed by atoms with Crippen LogP contribution in [0, 0.1) is 6.92 Å². The fraction of sp³-hybridized carbons (Fsp3) is 0.556. The maximum absolute atomic E-state index is 5.86. The summed E-state index contributed by atoms with van der Waals surface area (Å²) in [6, 6.07) is 0. The minimum Gasteiger partial charge on any atom is -0.382 e. The maximum Gasteiger partial charge on any atom is 0.222 e. The second-order valence-corrected chi connectivity index (χ2v) is 3.64. The van der Waals surface area contributed by atoms with E-state index in [-0.39, 0.29) is 5.95 Å². The molecule has 5 N–H and O–H groups in total. The Kier molecular flexibility index (Phi) is 2.59. The zero-order valence-corrected chi connectivity index (χ0v) is 8.82. The number of nitrogen functional groups attached to an aromatic ring is 2. The second kappa shape index (κ2) is 3.90. The van der Waals surface area contributed by atoms with Gasteiger partial charge in [-0.25, -0.2) is 4.98 Å². The van der Waals surface area contributed by atoms with Crippen LogP contribution < -0.4 is 21.7 Å². The van der Waals surface area contributed by atoms with Gasteiger partial charge >= 0.3 is 0 Å². The molecule has 0 bridgehead atoms. The standard InChI is InChI=1S/C9H16N6/c1-6-7(8(10)14-9(11)13-6)15-4-2-12-3-5-15/h12H,2-5H2,1H3,(H4,10,11,13,14). The number of hydrogen-bond acceptors (Lipinski definition) is 6. The third-order valence-electron chi connectivity index (χ3n) is 2.54. The van der Waals surface area contributed by atoms with E-state index in [1.807, 2.05) is 6.92 Å². The predicted octanol–water partition coefficient (Wildman–Crippen LogP) is -0.641. The number of nitrogens with one attached hydrogen (secondary N) is 1. The van der Waals surface area contributed by atoms with Crippen LogP contribution in [0.3, 0.4) is 0 Å². The van der Waals surface area contributed by atoms with Crippen LogP contribution >= 0.6 is 0 Å². The van der Waals surface area contributed by atoms with Gasteiger partial charge in [0.25, 0.3) is 0 Å². The van der Waals surface area contributed by atoms with Gasteiger partial charge in [-0.2, -0.15) is 4.98 Å². The molecule has 1 saturated heterocycles. The Labute approximate surface area is 88.7 Å². The molecule has 1 aromatic rings. The molecule has 6 nitrogen and oxygen atoms in total. The molecule has 0 saturated carbocycles. The fourth-order valence-corrected chi connectivity index (χ4v) is 1.89. The Morgan fingerprint density at radius 2 is 1.87 bits per heavy atom. The molecule has 0 amide bonds. The van der Waals surface area contributed by atoms with Crippen molar-refractivity contribution in [1.82, 2.24) is 15.3 Å². The van der Waals surface area contributed by atoms with E-state index >= 15 is 0 Å². The van der Waals surface area contributed by atoms with Gasteiger partial charge in [-0.1, -0.05) is 0 Å². The van der Waals surface area contributed by atoms with Gasteiger partial charge in [0.1, 0.15) is 5.69 Å². The number of rotatable bonds is 1. The number of aryl methyl sites for hydroxylation is 1. The van der Waals surface area contributed by atoms with Crippen molar-refractivity contribution in [1.29, 1.82) is 0 Å². The lowest BCUT2D eigenvalue weighted by Gasteiger charge is -2.30. The molecule has 1 fully saturated rings. The van der Waals surface area contributed by atoms with Gasteiger partial charge in [-0.05, 0) is 6.92 Å². The van der Waals surface area contributed by atoms with Crippen molar-refractivity contribution in [3.8, 4) is 0 Å². The average Bonchev–Trinajstić information content (AvgIpc) is 2.17. The lowest BCUT2D eigenvalue weighted by atomic mass is 10.2. The van der Waals surface area contributed by atoms with Gasteiger partial charge < -0.3 is 21.7 Å². The van der Waals surface area contributed by atoms with Crippen LogP contribution in [-0.4, -0.2) is 36.1 Å². The molecule has 1 aromatic heterocycles. The fourth-order valence-electron chi connectivity index (χ4n) is 1.89. The predicted molar refractivity (Wildman–Crippen MR) is 60.7 cm³/mol. The highest BCUT2D eigenvalue weighted by atomic mass is 15.2. The number of nitrogens with zero attached hydrogens (tertiary/aromatic N) is 3. The number of nitrogens with two attached hydrogens (primary N) is 2. The van der Waals surface area contributed by atoms with E-state index in [4.69, 9.17) is 11.5 Å². The van der Waals surface area contributed by atoms with E-state index in [1.165, 1.54) is 0 Å². The van der Waals surface area contributed by atoms with E-state index in [0.717, 1.165) is 37.6 Å². The van der Waals surface area contributed by atoms with E-state index in [2.05, 4.69) is 20.2 Å². The third-order valence-corrected chi connectivity index (χ3v) is 2.54. The normalized spacial score (nSPS) is 16.7. The third kappa shape index (κ3) is 1.94. The second-order valence-electron chi connectivity index (χ2n) is 3.64. The molecule has 0 aromatic carbocycles. The lowest BCUT2D eigenvalue weighted by Crippen LogP contribution is -2.44. The first-order chi connectivity index (χ1) is 7.18. The van der Waals surface area contributed by atoms with Crippen LogP contribution in [0.25, 0.3) is 0 Å². The highest BCUT2D eigenvalue weighted by Gasteiger charge is 2.17. The van der Waals surface area contributed by atoms with E-state index in [1.54, 1.807) is 0 Å². The summed E-state index contributed by atoms with van der Waals surface area (Å²) in [7, 11) is 0. The quantitative estimate of drug-likeness (QED) is 0.568. The molecule has 0 aliphatic carbocycles. The van der Waals surface area contributed by atoms with Crippen molar-refractivity contribution in [3.63, 3.8) is 0 Å². The Hall–Kier alpha value is -1.56. The van der Waals surface area contributed by atoms with E-state index in [9.17, 15) is 0 Å². The summed E-state index contributed by atoms with van der Waals surface area (Å²) in [4.78, 5) is 10.3. The van der Waals surface area contributed by atoms with Crippen molar-refractivity contribution in [2.24, 2.45) is 0 Å². The minimum absolute atomic E-state index is 0.240. The molecule has 15 heavy (non-hydrogen) atoms. The van der Waals surface area contributed by atoms with Gasteiger partial charge in [0, 0.05) is 26.2 Å². The molecule has 2 heterocycles. The van der Waals surface area contributed by atoms with Crippen molar-refractivity contribution >= 4 is 17.5 Å². The zero-order chi connectivity index (χ0) is 10.8. The summed E-state index contributed by atoms with van der Waals surface area (Å²) >= 11 is 0. The minimum atomic E-state index is 0.240. The molecule has 2 rings (SSSR count). The Bertz CT molecular complexity index is 335. The monoisotopic (exact) mass is 208 g/mol. The van der Waals surface area contributed by atoms with Crippen molar-refractivity contribution in [2.75, 3.05) is 42.5 Å². The smallest absolute Gasteiger partial charge is 0.222 e.